The Balaban J connectivity index is 0.982. The lowest BCUT2D eigenvalue weighted by molar-refractivity contribution is -0.136. The minimum Gasteiger partial charge on any atom is -0.451 e. The van der Waals surface area contributed by atoms with Crippen LogP contribution in [0.2, 0.25) is 0 Å². The molecule has 4 heterocycles. The smallest absolute Gasteiger partial charge is 0.432 e. The molecule has 14 heteroatoms. The van der Waals surface area contributed by atoms with Crippen molar-refractivity contribution in [3.05, 3.63) is 78.6 Å². The zero-order chi connectivity index (χ0) is 44.4. The highest BCUT2D eigenvalue weighted by Gasteiger charge is 2.39. The number of carbonyl (C=O) groups is 4. The number of aromatic nitrogens is 2. The van der Waals surface area contributed by atoms with Crippen LogP contribution in [0.25, 0.3) is 44.1 Å². The van der Waals surface area contributed by atoms with E-state index >= 15 is 0 Å². The van der Waals surface area contributed by atoms with Crippen LogP contribution in [-0.2, 0) is 19.1 Å². The molecule has 326 valence electrons. The van der Waals surface area contributed by atoms with Crippen molar-refractivity contribution in [1.82, 2.24) is 19.8 Å². The van der Waals surface area contributed by atoms with Gasteiger partial charge in [0.15, 0.2) is 0 Å². The molecule has 0 bridgehead atoms. The number of rotatable bonds is 10. The van der Waals surface area contributed by atoms with Gasteiger partial charge >= 0.3 is 12.2 Å². The number of imidazole rings is 1. The molecule has 4 amide bonds. The third-order valence-corrected chi connectivity index (χ3v) is 12.6. The molecule has 0 aliphatic carbocycles. The van der Waals surface area contributed by atoms with Gasteiger partial charge in [-0.05, 0) is 107 Å². The quantitative estimate of drug-likeness (QED) is 0.131. The van der Waals surface area contributed by atoms with E-state index in [-0.39, 0.29) is 41.8 Å². The highest BCUT2D eigenvalue weighted by molar-refractivity contribution is 5.99. The van der Waals surface area contributed by atoms with Crippen LogP contribution in [0.15, 0.2) is 87.8 Å². The maximum atomic E-state index is 13.8. The van der Waals surface area contributed by atoms with Crippen molar-refractivity contribution >= 4 is 75.8 Å². The standard InChI is InChI=1S/C49H54N8O6/c1-28(2)36(25-51-48(60)62-5)46(58)56-19-7-9-43(56)42-27-50-40-23-33(15-17-38(40)53-42)31-13-11-30-12-14-32(22-35(30)21-31)34-16-18-39-41(24-34)55-45(54-39)44-10-8-20-57(44)47(59)37(29(3)4)26-52-49(61)63-6/h11-18,21-29,36-37,42-44,53H,7-10,19-20H2,1-6H3,(H,54,55)/b51-25+,52-26+/t36?,37?,42?,43-,44-/m0/s1. The number of aliphatic imine (C=N–C) groups is 3. The first-order valence-corrected chi connectivity index (χ1v) is 21.8. The van der Waals surface area contributed by atoms with Gasteiger partial charge in [-0.2, -0.15) is 9.98 Å². The summed E-state index contributed by atoms with van der Waals surface area (Å²) in [7, 11) is 2.54. The van der Waals surface area contributed by atoms with Crippen molar-refractivity contribution in [2.24, 2.45) is 38.6 Å². The number of nitrogens with one attached hydrogen (secondary N) is 2. The Labute approximate surface area is 366 Å². The third kappa shape index (κ3) is 8.98. The second-order valence-corrected chi connectivity index (χ2v) is 17.3. The summed E-state index contributed by atoms with van der Waals surface area (Å²) in [6.07, 6.45) is 6.68. The first-order chi connectivity index (χ1) is 30.4. The Kier molecular flexibility index (Phi) is 12.5. The normalized spacial score (nSPS) is 19.7. The molecule has 3 aliphatic heterocycles. The monoisotopic (exact) mass is 850 g/mol. The summed E-state index contributed by atoms with van der Waals surface area (Å²) in [5.41, 5.74) is 7.70. The molecule has 3 aliphatic rings. The van der Waals surface area contributed by atoms with E-state index in [2.05, 4.69) is 96.5 Å². The molecule has 1 aromatic heterocycles. The average molecular weight is 851 g/mol. The van der Waals surface area contributed by atoms with E-state index in [4.69, 9.17) is 9.98 Å². The topological polar surface area (TPSA) is 171 Å². The molecule has 4 aromatic carbocycles. The maximum absolute atomic E-state index is 13.8. The molecule has 14 nitrogen and oxygen atoms in total. The Morgan fingerprint density at radius 2 is 1.29 bits per heavy atom. The molecule has 0 radical (unpaired) electrons. The highest BCUT2D eigenvalue weighted by atomic mass is 16.5. The Morgan fingerprint density at radius 3 is 1.94 bits per heavy atom. The van der Waals surface area contributed by atoms with E-state index in [1.807, 2.05) is 49.8 Å². The van der Waals surface area contributed by atoms with Crippen LogP contribution in [0, 0.1) is 23.7 Å². The summed E-state index contributed by atoms with van der Waals surface area (Å²) < 4.78 is 9.31. The number of likely N-dealkylation sites (tertiary alicyclic amines) is 2. The van der Waals surface area contributed by atoms with Crippen molar-refractivity contribution in [1.29, 1.82) is 0 Å². The minimum absolute atomic E-state index is 0.0383. The third-order valence-electron chi connectivity index (χ3n) is 12.6. The molecule has 2 N–H and O–H groups in total. The summed E-state index contributed by atoms with van der Waals surface area (Å²) in [4.78, 5) is 75.8. The van der Waals surface area contributed by atoms with Crippen molar-refractivity contribution in [2.75, 3.05) is 32.6 Å². The number of H-pyrrole nitrogens is 1. The number of carbonyl (C=O) groups excluding carboxylic acids is 4. The van der Waals surface area contributed by atoms with Gasteiger partial charge in [0.1, 0.15) is 5.82 Å². The van der Waals surface area contributed by atoms with Crippen LogP contribution in [0.1, 0.15) is 65.2 Å². The van der Waals surface area contributed by atoms with Gasteiger partial charge in [-0.15, -0.1) is 0 Å². The van der Waals surface area contributed by atoms with Crippen molar-refractivity contribution in [3.63, 3.8) is 0 Å². The van der Waals surface area contributed by atoms with E-state index in [1.165, 1.54) is 26.6 Å². The second-order valence-electron chi connectivity index (χ2n) is 17.3. The zero-order valence-electron chi connectivity index (χ0n) is 36.6. The van der Waals surface area contributed by atoms with Crippen molar-refractivity contribution in [3.8, 4) is 22.3 Å². The average Bonchev–Trinajstić information content (AvgIpc) is 4.08. The van der Waals surface area contributed by atoms with Gasteiger partial charge in [-0.1, -0.05) is 64.1 Å². The predicted octanol–water partition coefficient (Wildman–Crippen LogP) is 9.42. The summed E-state index contributed by atoms with van der Waals surface area (Å²) in [5.74, 6) is -0.553. The van der Waals surface area contributed by atoms with E-state index in [9.17, 15) is 19.2 Å². The first kappa shape index (κ1) is 43.0. The van der Waals surface area contributed by atoms with Crippen molar-refractivity contribution < 1.29 is 28.7 Å². The number of hydrogen-bond donors (Lipinski definition) is 2. The highest BCUT2D eigenvalue weighted by Crippen LogP contribution is 2.38. The summed E-state index contributed by atoms with van der Waals surface area (Å²) in [6.45, 7) is 9.04. The lowest BCUT2D eigenvalue weighted by Gasteiger charge is -2.34. The molecule has 63 heavy (non-hydrogen) atoms. The number of anilines is 1. The number of ether oxygens (including phenoxy) is 2. The molecule has 8 rings (SSSR count). The summed E-state index contributed by atoms with van der Waals surface area (Å²) in [5, 5.41) is 5.88. The molecule has 0 saturated carbocycles. The number of aromatic amines is 1. The lowest BCUT2D eigenvalue weighted by atomic mass is 9.94. The predicted molar refractivity (Wildman–Crippen MR) is 247 cm³/mol. The van der Waals surface area contributed by atoms with Gasteiger partial charge in [0.05, 0.1) is 66.6 Å². The fourth-order valence-electron chi connectivity index (χ4n) is 9.05. The van der Waals surface area contributed by atoms with Crippen LogP contribution in [0.5, 0.6) is 0 Å². The lowest BCUT2D eigenvalue weighted by Crippen LogP contribution is -2.50. The fraction of sp³-hybridized carbons (Fsp3) is 0.388. The van der Waals surface area contributed by atoms with E-state index in [0.717, 1.165) is 86.9 Å². The Bertz CT molecular complexity index is 2650. The van der Waals surface area contributed by atoms with E-state index in [1.54, 1.807) is 0 Å². The number of benzene rings is 4. The molecule has 3 unspecified atom stereocenters. The zero-order valence-corrected chi connectivity index (χ0v) is 36.6. The fourth-order valence-corrected chi connectivity index (χ4v) is 9.05. The summed E-state index contributed by atoms with van der Waals surface area (Å²) >= 11 is 0. The van der Waals surface area contributed by atoms with Crippen LogP contribution in [0.4, 0.5) is 21.0 Å². The van der Waals surface area contributed by atoms with E-state index < -0.39 is 24.0 Å². The second kappa shape index (κ2) is 18.3. The maximum Gasteiger partial charge on any atom is 0.432 e. The van der Waals surface area contributed by atoms with E-state index in [0.29, 0.717) is 13.1 Å². The molecular weight excluding hydrogens is 797 g/mol. The van der Waals surface area contributed by atoms with Gasteiger partial charge in [0.2, 0.25) is 11.8 Å². The minimum atomic E-state index is -0.725. The first-order valence-electron chi connectivity index (χ1n) is 21.8. The van der Waals surface area contributed by atoms with Crippen LogP contribution >= 0.6 is 0 Å². The Morgan fingerprint density at radius 1 is 0.714 bits per heavy atom. The largest absolute Gasteiger partial charge is 0.451 e. The summed E-state index contributed by atoms with van der Waals surface area (Å²) in [6, 6.07) is 25.0. The number of fused-ring (bicyclic) bond motifs is 3. The van der Waals surface area contributed by atoms with Gasteiger partial charge in [-0.3, -0.25) is 14.6 Å². The molecule has 2 saturated heterocycles. The number of amides is 4. The van der Waals surface area contributed by atoms with Crippen molar-refractivity contribution in [2.45, 2.75) is 71.5 Å². The van der Waals surface area contributed by atoms with Crippen LogP contribution in [0.3, 0.4) is 0 Å². The molecule has 2 fully saturated rings. The van der Waals surface area contributed by atoms with Gasteiger partial charge < -0.3 is 29.6 Å². The number of nitrogens with zero attached hydrogens (tertiary/aromatic N) is 6. The number of hydrogen-bond acceptors (Lipinski definition) is 9. The molecule has 5 atom stereocenters. The van der Waals surface area contributed by atoms with Gasteiger partial charge in [-0.25, -0.2) is 14.6 Å². The SMILES string of the molecule is COC(=O)/N=C/C(C(=O)N1CCC[C@H]1c1nc2ccc(-c3ccc4ccc(-c5ccc6c(c5)N=CC([C@@H]5CCCN5C(=O)C(/C=N/C(=O)OC)C(C)C)N6)cc4c3)cc2[nH]1)C(C)C. The Hall–Kier alpha value is -6.70. The molecule has 5 aromatic rings. The molecular formula is C49H54N8O6. The number of methoxy groups -OCH3 is 2. The van der Waals surface area contributed by atoms with Crippen LogP contribution < -0.4 is 5.32 Å². The van der Waals surface area contributed by atoms with Gasteiger partial charge in [0.25, 0.3) is 0 Å². The van der Waals surface area contributed by atoms with Crippen LogP contribution in [-0.4, -0.2) is 102 Å². The van der Waals surface area contributed by atoms with Gasteiger partial charge in [0, 0.05) is 31.7 Å². The molecule has 0 spiro atoms.